The van der Waals surface area contributed by atoms with Gasteiger partial charge in [0.25, 0.3) is 0 Å². The quantitative estimate of drug-likeness (QED) is 0.589. The van der Waals surface area contributed by atoms with Crippen molar-refractivity contribution >= 4 is 5.91 Å². The summed E-state index contributed by atoms with van der Waals surface area (Å²) in [6.45, 7) is 0.563. The SMILES string of the molecule is NC1C=CC(C(=O)NCCc2ncn[nH]2)C1. The second-order valence-electron chi connectivity index (χ2n) is 3.86. The molecule has 2 unspecified atom stereocenters. The average molecular weight is 221 g/mol. The minimum atomic E-state index is -0.0790. The summed E-state index contributed by atoms with van der Waals surface area (Å²) in [5.41, 5.74) is 5.68. The highest BCUT2D eigenvalue weighted by atomic mass is 16.1. The number of carbonyl (C=O) groups is 1. The molecular weight excluding hydrogens is 206 g/mol. The summed E-state index contributed by atoms with van der Waals surface area (Å²) in [5.74, 6) is 0.729. The van der Waals surface area contributed by atoms with Crippen molar-refractivity contribution in [1.82, 2.24) is 20.5 Å². The number of rotatable bonds is 4. The van der Waals surface area contributed by atoms with Crippen LogP contribution >= 0.6 is 0 Å². The molecule has 1 heterocycles. The Hall–Kier alpha value is -1.69. The molecule has 1 aliphatic rings. The molecule has 0 aromatic carbocycles. The maximum absolute atomic E-state index is 11.7. The Morgan fingerprint density at radius 2 is 2.50 bits per heavy atom. The molecule has 0 fully saturated rings. The predicted molar refractivity (Wildman–Crippen MR) is 58.3 cm³/mol. The van der Waals surface area contributed by atoms with E-state index in [1.807, 2.05) is 12.2 Å². The van der Waals surface area contributed by atoms with Crippen LogP contribution in [0.4, 0.5) is 0 Å². The first kappa shape index (κ1) is 10.8. The number of hydrogen-bond donors (Lipinski definition) is 3. The van der Waals surface area contributed by atoms with Crippen LogP contribution in [0.1, 0.15) is 12.2 Å². The molecule has 16 heavy (non-hydrogen) atoms. The van der Waals surface area contributed by atoms with E-state index < -0.39 is 0 Å². The normalized spacial score (nSPS) is 23.6. The lowest BCUT2D eigenvalue weighted by Crippen LogP contribution is -2.32. The summed E-state index contributed by atoms with van der Waals surface area (Å²) >= 11 is 0. The molecule has 86 valence electrons. The first-order valence-corrected chi connectivity index (χ1v) is 5.31. The van der Waals surface area contributed by atoms with E-state index in [9.17, 15) is 4.79 Å². The van der Waals surface area contributed by atoms with Crippen molar-refractivity contribution in [2.75, 3.05) is 6.54 Å². The van der Waals surface area contributed by atoms with E-state index in [1.165, 1.54) is 6.33 Å². The van der Waals surface area contributed by atoms with Gasteiger partial charge >= 0.3 is 0 Å². The monoisotopic (exact) mass is 221 g/mol. The number of hydrogen-bond acceptors (Lipinski definition) is 4. The van der Waals surface area contributed by atoms with Gasteiger partial charge in [-0.2, -0.15) is 5.10 Å². The van der Waals surface area contributed by atoms with Crippen LogP contribution in [0.25, 0.3) is 0 Å². The van der Waals surface area contributed by atoms with Crippen molar-refractivity contribution in [3.8, 4) is 0 Å². The zero-order valence-electron chi connectivity index (χ0n) is 8.89. The molecule has 1 amide bonds. The smallest absolute Gasteiger partial charge is 0.227 e. The molecule has 0 radical (unpaired) electrons. The molecule has 2 rings (SSSR count). The number of carbonyl (C=O) groups excluding carboxylic acids is 1. The number of nitrogens with two attached hydrogens (primary N) is 1. The Morgan fingerprint density at radius 1 is 1.62 bits per heavy atom. The van der Waals surface area contributed by atoms with Gasteiger partial charge in [-0.25, -0.2) is 4.98 Å². The van der Waals surface area contributed by atoms with Crippen LogP contribution in [0.15, 0.2) is 18.5 Å². The number of aromatic amines is 1. The van der Waals surface area contributed by atoms with Crippen LogP contribution in [0.2, 0.25) is 0 Å². The van der Waals surface area contributed by atoms with E-state index in [1.54, 1.807) is 0 Å². The second kappa shape index (κ2) is 4.89. The molecule has 0 saturated heterocycles. The minimum Gasteiger partial charge on any atom is -0.355 e. The van der Waals surface area contributed by atoms with Gasteiger partial charge in [0.2, 0.25) is 5.91 Å². The minimum absolute atomic E-state index is 0.0185. The predicted octanol–water partition coefficient (Wildman–Crippen LogP) is -0.633. The van der Waals surface area contributed by atoms with E-state index in [0.717, 1.165) is 5.82 Å². The third-order valence-electron chi connectivity index (χ3n) is 2.58. The molecular formula is C10H15N5O. The van der Waals surface area contributed by atoms with Gasteiger partial charge in [0.15, 0.2) is 0 Å². The van der Waals surface area contributed by atoms with Gasteiger partial charge in [-0.3, -0.25) is 9.89 Å². The fourth-order valence-corrected chi connectivity index (χ4v) is 1.71. The molecule has 1 aliphatic carbocycles. The topological polar surface area (TPSA) is 96.7 Å². The van der Waals surface area contributed by atoms with Crippen LogP contribution in [0, 0.1) is 5.92 Å². The molecule has 1 aromatic rings. The average Bonchev–Trinajstić information content (AvgIpc) is 2.89. The zero-order chi connectivity index (χ0) is 11.4. The first-order valence-electron chi connectivity index (χ1n) is 5.31. The summed E-state index contributed by atoms with van der Waals surface area (Å²) in [5, 5.41) is 9.32. The number of aromatic nitrogens is 3. The fraction of sp³-hybridized carbons (Fsp3) is 0.500. The summed E-state index contributed by atoms with van der Waals surface area (Å²) in [6.07, 6.45) is 6.56. The maximum Gasteiger partial charge on any atom is 0.227 e. The number of nitrogens with zero attached hydrogens (tertiary/aromatic N) is 2. The van der Waals surface area contributed by atoms with Gasteiger partial charge in [0.1, 0.15) is 12.2 Å². The van der Waals surface area contributed by atoms with Crippen LogP contribution < -0.4 is 11.1 Å². The van der Waals surface area contributed by atoms with E-state index in [-0.39, 0.29) is 17.9 Å². The van der Waals surface area contributed by atoms with Gasteiger partial charge < -0.3 is 11.1 Å². The molecule has 6 heteroatoms. The number of amides is 1. The Bertz CT molecular complexity index is 373. The van der Waals surface area contributed by atoms with Crippen molar-refractivity contribution in [3.05, 3.63) is 24.3 Å². The van der Waals surface area contributed by atoms with Crippen molar-refractivity contribution in [2.45, 2.75) is 18.9 Å². The highest BCUT2D eigenvalue weighted by Crippen LogP contribution is 2.15. The van der Waals surface area contributed by atoms with Crippen LogP contribution in [0.3, 0.4) is 0 Å². The van der Waals surface area contributed by atoms with E-state index >= 15 is 0 Å². The van der Waals surface area contributed by atoms with Crippen molar-refractivity contribution < 1.29 is 4.79 Å². The standard InChI is InChI=1S/C10H15N5O/c11-8-2-1-7(5-8)10(16)12-4-3-9-13-6-14-15-9/h1-2,6-8H,3-5,11H2,(H,12,16)(H,13,14,15). The lowest BCUT2D eigenvalue weighted by atomic mass is 10.1. The highest BCUT2D eigenvalue weighted by molar-refractivity contribution is 5.81. The molecule has 0 spiro atoms. The molecule has 0 saturated carbocycles. The largest absolute Gasteiger partial charge is 0.355 e. The Labute approximate surface area is 93.3 Å². The molecule has 6 nitrogen and oxygen atoms in total. The van der Waals surface area contributed by atoms with Gasteiger partial charge in [0.05, 0.1) is 5.92 Å². The lowest BCUT2D eigenvalue weighted by Gasteiger charge is -2.09. The third kappa shape index (κ3) is 2.66. The maximum atomic E-state index is 11.7. The zero-order valence-corrected chi connectivity index (χ0v) is 8.89. The Kier molecular flexibility index (Phi) is 3.31. The molecule has 0 bridgehead atoms. The van der Waals surface area contributed by atoms with Gasteiger partial charge in [0, 0.05) is 19.0 Å². The van der Waals surface area contributed by atoms with E-state index in [0.29, 0.717) is 19.4 Å². The molecule has 1 aromatic heterocycles. The van der Waals surface area contributed by atoms with Gasteiger partial charge in [-0.1, -0.05) is 12.2 Å². The summed E-state index contributed by atoms with van der Waals surface area (Å²) in [6, 6.07) is 0.0185. The first-order chi connectivity index (χ1) is 7.75. The number of nitrogens with one attached hydrogen (secondary N) is 2. The fourth-order valence-electron chi connectivity index (χ4n) is 1.71. The number of H-pyrrole nitrogens is 1. The van der Waals surface area contributed by atoms with Gasteiger partial charge in [-0.05, 0) is 6.42 Å². The van der Waals surface area contributed by atoms with Crippen molar-refractivity contribution in [3.63, 3.8) is 0 Å². The van der Waals surface area contributed by atoms with E-state index in [2.05, 4.69) is 20.5 Å². The summed E-state index contributed by atoms with van der Waals surface area (Å²) in [4.78, 5) is 15.6. The van der Waals surface area contributed by atoms with Crippen molar-refractivity contribution in [2.24, 2.45) is 11.7 Å². The van der Waals surface area contributed by atoms with Crippen LogP contribution in [-0.4, -0.2) is 33.7 Å². The summed E-state index contributed by atoms with van der Waals surface area (Å²) < 4.78 is 0. The molecule has 4 N–H and O–H groups in total. The second-order valence-corrected chi connectivity index (χ2v) is 3.86. The Morgan fingerprint density at radius 3 is 3.12 bits per heavy atom. The van der Waals surface area contributed by atoms with Crippen LogP contribution in [0.5, 0.6) is 0 Å². The summed E-state index contributed by atoms with van der Waals surface area (Å²) in [7, 11) is 0. The van der Waals surface area contributed by atoms with E-state index in [4.69, 9.17) is 5.73 Å². The third-order valence-corrected chi connectivity index (χ3v) is 2.58. The van der Waals surface area contributed by atoms with Crippen LogP contribution in [-0.2, 0) is 11.2 Å². The molecule has 2 atom stereocenters. The lowest BCUT2D eigenvalue weighted by molar-refractivity contribution is -0.123. The highest BCUT2D eigenvalue weighted by Gasteiger charge is 2.21. The molecule has 0 aliphatic heterocycles. The Balaban J connectivity index is 1.70. The van der Waals surface area contributed by atoms with Crippen molar-refractivity contribution in [1.29, 1.82) is 0 Å². The van der Waals surface area contributed by atoms with Gasteiger partial charge in [-0.15, -0.1) is 0 Å².